The van der Waals surface area contributed by atoms with E-state index in [2.05, 4.69) is 5.32 Å². The van der Waals surface area contributed by atoms with Crippen molar-refractivity contribution >= 4 is 11.8 Å². The number of carbonyl (C=O) groups excluding carboxylic acids is 2. The number of ether oxygens (including phenoxy) is 3. The zero-order valence-corrected chi connectivity index (χ0v) is 27.5. The molecular weight excluding hydrogens is 578 g/mol. The van der Waals surface area contributed by atoms with Gasteiger partial charge in [0.1, 0.15) is 23.7 Å². The highest BCUT2D eigenvalue weighted by molar-refractivity contribution is 5.88. The van der Waals surface area contributed by atoms with Crippen LogP contribution in [0.15, 0.2) is 11.6 Å². The Morgan fingerprint density at radius 2 is 2.00 bits per heavy atom. The number of Topliss-reactive ketones (excluding diaryl/α,β-unsaturated/α-hetero) is 1. The van der Waals surface area contributed by atoms with E-state index in [0.717, 1.165) is 51.6 Å². The molecule has 3 saturated heterocycles. The Balaban J connectivity index is 1.47. The van der Waals surface area contributed by atoms with Crippen molar-refractivity contribution in [2.45, 2.75) is 133 Å². The van der Waals surface area contributed by atoms with Gasteiger partial charge in [-0.1, -0.05) is 12.5 Å². The highest BCUT2D eigenvalue weighted by atomic mass is 16.6. The Bertz CT molecular complexity index is 1050. The van der Waals surface area contributed by atoms with Gasteiger partial charge in [0.2, 0.25) is 0 Å². The fourth-order valence-electron chi connectivity index (χ4n) is 9.11. The second-order valence-electron chi connectivity index (χ2n) is 14.8. The fraction of sp³-hybridized carbons (Fsp3) is 0.882. The van der Waals surface area contributed by atoms with Crippen molar-refractivity contribution in [1.82, 2.24) is 0 Å². The molecule has 0 radical (unpaired) electrons. The van der Waals surface area contributed by atoms with Crippen LogP contribution in [-0.2, 0) is 23.8 Å². The average molecular weight is 638 g/mol. The largest absolute Gasteiger partial charge is 0.456 e. The van der Waals surface area contributed by atoms with E-state index in [0.29, 0.717) is 37.2 Å². The van der Waals surface area contributed by atoms with Gasteiger partial charge in [-0.25, -0.2) is 4.79 Å². The van der Waals surface area contributed by atoms with Crippen LogP contribution in [0.1, 0.15) is 84.5 Å². The van der Waals surface area contributed by atoms with Crippen molar-refractivity contribution in [3.8, 4) is 0 Å². The van der Waals surface area contributed by atoms with Crippen LogP contribution in [-0.4, -0.2) is 102 Å². The number of rotatable bonds is 10. The molecule has 256 valence electrons. The van der Waals surface area contributed by atoms with E-state index >= 15 is 0 Å². The molecular formula is C34H59N3O8+2. The zero-order chi connectivity index (χ0) is 32.3. The first-order valence-corrected chi connectivity index (χ1v) is 17.6. The number of esters is 1. The molecule has 3 aliphatic heterocycles. The SMILES string of the molecule is CC=C(CC[NH2+]C)C(=O)O[C@H]1CC2C(O)C3C(=O)CC(CO)OC3C(C3CCCC(O)C3)C2O[C@@]1(C)CCC1CCC(N)[NH2+]C1. The molecule has 45 heavy (non-hydrogen) atoms. The predicted molar refractivity (Wildman–Crippen MR) is 165 cm³/mol. The molecule has 5 fully saturated rings. The number of fused-ring (bicyclic) bond motifs is 2. The number of carbonyl (C=O) groups is 2. The summed E-state index contributed by atoms with van der Waals surface area (Å²) >= 11 is 0. The van der Waals surface area contributed by atoms with Crippen molar-refractivity contribution in [3.05, 3.63) is 11.6 Å². The maximum atomic E-state index is 13.5. The lowest BCUT2D eigenvalue weighted by atomic mass is 9.58. The van der Waals surface area contributed by atoms with E-state index in [-0.39, 0.29) is 42.8 Å². The molecule has 9 N–H and O–H groups in total. The summed E-state index contributed by atoms with van der Waals surface area (Å²) in [6.07, 6.45) is 5.95. The van der Waals surface area contributed by atoms with E-state index in [1.165, 1.54) is 0 Å². The summed E-state index contributed by atoms with van der Waals surface area (Å²) < 4.78 is 20.0. The number of aliphatic hydroxyl groups is 3. The monoisotopic (exact) mass is 637 g/mol. The topological polar surface area (TPSA) is 182 Å². The number of quaternary nitrogens is 2. The van der Waals surface area contributed by atoms with Crippen LogP contribution in [0.5, 0.6) is 0 Å². The van der Waals surface area contributed by atoms with Crippen LogP contribution >= 0.6 is 0 Å². The van der Waals surface area contributed by atoms with Crippen molar-refractivity contribution in [2.24, 2.45) is 35.3 Å². The van der Waals surface area contributed by atoms with Crippen molar-refractivity contribution in [3.63, 3.8) is 0 Å². The van der Waals surface area contributed by atoms with Gasteiger partial charge in [-0.05, 0) is 64.7 Å². The van der Waals surface area contributed by atoms with Gasteiger partial charge in [-0.3, -0.25) is 10.5 Å². The van der Waals surface area contributed by atoms with Crippen molar-refractivity contribution in [2.75, 3.05) is 26.7 Å². The summed E-state index contributed by atoms with van der Waals surface area (Å²) in [6, 6.07) is 0. The van der Waals surface area contributed by atoms with Gasteiger partial charge in [-0.15, -0.1) is 0 Å². The standard InChI is InChI=1S/C34H57N3O8/c1-4-20(11-13-36-3)33(42)44-26-16-24-30(41)29-25(40)15-23(18-38)43-32(29)28(21-6-5-7-22(39)14-21)31(24)45-34(26,2)12-10-19-8-9-27(35)37-17-19/h4,19,21-24,26-32,36-39,41H,5-18,35H2,1-3H3/p+2/t19?,21?,22?,23?,24?,26-,27?,28?,29?,30?,31?,32?,34-/m0/s1. The normalized spacial score (nSPS) is 44.2. The first-order chi connectivity index (χ1) is 21.6. The minimum absolute atomic E-state index is 0.0456. The lowest BCUT2D eigenvalue weighted by Gasteiger charge is -2.59. The average Bonchev–Trinajstić information content (AvgIpc) is 3.02. The van der Waals surface area contributed by atoms with Crippen LogP contribution in [0.3, 0.4) is 0 Å². The van der Waals surface area contributed by atoms with E-state index in [4.69, 9.17) is 19.9 Å². The minimum Gasteiger partial charge on any atom is -0.456 e. The van der Waals surface area contributed by atoms with Gasteiger partial charge in [0.05, 0.1) is 63.2 Å². The summed E-state index contributed by atoms with van der Waals surface area (Å²) in [4.78, 5) is 27.1. The third kappa shape index (κ3) is 7.67. The van der Waals surface area contributed by atoms with Crippen LogP contribution < -0.4 is 16.4 Å². The third-order valence-corrected chi connectivity index (χ3v) is 11.8. The molecule has 11 unspecified atom stereocenters. The summed E-state index contributed by atoms with van der Waals surface area (Å²) in [7, 11) is 1.97. The quantitative estimate of drug-likeness (QED) is 0.136. The number of piperidine rings is 1. The fourth-order valence-corrected chi connectivity index (χ4v) is 9.11. The predicted octanol–water partition coefficient (Wildman–Crippen LogP) is -0.493. The minimum atomic E-state index is -1.02. The number of allylic oxidation sites excluding steroid dienone is 1. The molecule has 3 heterocycles. The number of hydrogen-bond acceptors (Lipinski definition) is 9. The lowest BCUT2D eigenvalue weighted by Crippen LogP contribution is -2.95. The van der Waals surface area contributed by atoms with Crippen molar-refractivity contribution in [1.29, 1.82) is 0 Å². The van der Waals surface area contributed by atoms with Gasteiger partial charge >= 0.3 is 5.97 Å². The summed E-state index contributed by atoms with van der Waals surface area (Å²) in [5.74, 6) is -1.34. The second kappa shape index (κ2) is 15.2. The Morgan fingerprint density at radius 3 is 2.67 bits per heavy atom. The third-order valence-electron chi connectivity index (χ3n) is 11.8. The molecule has 0 amide bonds. The van der Waals surface area contributed by atoms with Gasteiger partial charge in [0, 0.05) is 42.6 Å². The molecule has 0 aromatic carbocycles. The number of aliphatic hydroxyl groups excluding tert-OH is 3. The molecule has 2 aliphatic carbocycles. The number of nitrogens with two attached hydrogens (primary N) is 3. The number of ketones is 1. The van der Waals surface area contributed by atoms with Crippen molar-refractivity contribution < 1.29 is 49.8 Å². The first-order valence-electron chi connectivity index (χ1n) is 17.6. The van der Waals surface area contributed by atoms with Gasteiger partial charge in [-0.2, -0.15) is 0 Å². The Labute approximate surface area is 268 Å². The maximum absolute atomic E-state index is 13.5. The van der Waals surface area contributed by atoms with Gasteiger partial charge < -0.3 is 40.2 Å². The molecule has 2 saturated carbocycles. The second-order valence-corrected chi connectivity index (χ2v) is 14.8. The molecule has 0 aromatic rings. The van der Waals surface area contributed by atoms with Crippen LogP contribution in [0.4, 0.5) is 0 Å². The summed E-state index contributed by atoms with van der Waals surface area (Å²) in [5.41, 5.74) is 5.94. The highest BCUT2D eigenvalue weighted by Gasteiger charge is 2.62. The molecule has 11 nitrogen and oxygen atoms in total. The molecule has 13 atom stereocenters. The summed E-state index contributed by atoms with van der Waals surface area (Å²) in [5, 5.41) is 36.8. The van der Waals surface area contributed by atoms with Gasteiger partial charge in [0.15, 0.2) is 0 Å². The zero-order valence-electron chi connectivity index (χ0n) is 27.5. The molecule has 0 spiro atoms. The first kappa shape index (κ1) is 34.9. The van der Waals surface area contributed by atoms with E-state index in [1.54, 1.807) is 0 Å². The Morgan fingerprint density at radius 1 is 1.20 bits per heavy atom. The smallest absolute Gasteiger partial charge is 0.334 e. The van der Waals surface area contributed by atoms with Crippen LogP contribution in [0.25, 0.3) is 0 Å². The maximum Gasteiger partial charge on any atom is 0.334 e. The van der Waals surface area contributed by atoms with Gasteiger partial charge in [0.25, 0.3) is 0 Å². The van der Waals surface area contributed by atoms with Crippen LogP contribution in [0, 0.1) is 29.6 Å². The molecule has 5 aliphatic rings. The molecule has 5 rings (SSSR count). The van der Waals surface area contributed by atoms with Crippen LogP contribution in [0.2, 0.25) is 0 Å². The Hall–Kier alpha value is -1.44. The van der Waals surface area contributed by atoms with E-state index in [9.17, 15) is 24.9 Å². The van der Waals surface area contributed by atoms with E-state index in [1.807, 2.05) is 32.3 Å². The lowest BCUT2D eigenvalue weighted by molar-refractivity contribution is -0.703. The number of hydrogen-bond donors (Lipinski definition) is 6. The Kier molecular flexibility index (Phi) is 11.8. The molecule has 11 heteroatoms. The molecule has 0 aromatic heterocycles. The molecule has 0 bridgehead atoms. The van der Waals surface area contributed by atoms with E-state index < -0.39 is 54.1 Å². The highest BCUT2D eigenvalue weighted by Crippen LogP contribution is 2.53. The summed E-state index contributed by atoms with van der Waals surface area (Å²) in [6.45, 7) is 5.36.